The fourth-order valence-electron chi connectivity index (χ4n) is 1.02. The quantitative estimate of drug-likeness (QED) is 0.751. The third-order valence-electron chi connectivity index (χ3n) is 1.73. The molecule has 4 heteroatoms. The second-order valence-corrected chi connectivity index (χ2v) is 2.78. The molecule has 1 N–H and O–H groups in total. The van der Waals surface area contributed by atoms with Gasteiger partial charge in [-0.3, -0.25) is 4.39 Å². The van der Waals surface area contributed by atoms with Gasteiger partial charge in [0.25, 0.3) is 0 Å². The van der Waals surface area contributed by atoms with Crippen molar-refractivity contribution in [2.24, 2.45) is 0 Å². The molecule has 0 bridgehead atoms. The molecule has 0 saturated heterocycles. The van der Waals surface area contributed by atoms with E-state index in [4.69, 9.17) is 5.26 Å². The minimum atomic E-state index is -0.558. The van der Waals surface area contributed by atoms with Crippen LogP contribution in [0.1, 0.15) is 12.0 Å². The van der Waals surface area contributed by atoms with Crippen LogP contribution in [-0.2, 0) is 0 Å². The lowest BCUT2D eigenvalue weighted by molar-refractivity contribution is 0.481. The van der Waals surface area contributed by atoms with Crippen molar-refractivity contribution < 1.29 is 8.78 Å². The van der Waals surface area contributed by atoms with Crippen LogP contribution in [0.4, 0.5) is 14.5 Å². The van der Waals surface area contributed by atoms with Crippen LogP contribution in [0.3, 0.4) is 0 Å². The fourth-order valence-corrected chi connectivity index (χ4v) is 1.02. The maximum Gasteiger partial charge on any atom is 0.143 e. The molecule has 1 rings (SSSR count). The summed E-state index contributed by atoms with van der Waals surface area (Å²) < 4.78 is 24.8. The number of hydrogen-bond acceptors (Lipinski definition) is 2. The third-order valence-corrected chi connectivity index (χ3v) is 1.73. The highest BCUT2D eigenvalue weighted by atomic mass is 19.1. The first-order valence-electron chi connectivity index (χ1n) is 4.27. The number of anilines is 1. The van der Waals surface area contributed by atoms with E-state index in [0.717, 1.165) is 0 Å². The van der Waals surface area contributed by atoms with Gasteiger partial charge in [-0.15, -0.1) is 0 Å². The summed E-state index contributed by atoms with van der Waals surface area (Å²) in [6, 6.07) is 5.95. The molecule has 1 aromatic rings. The zero-order chi connectivity index (χ0) is 10.4. The van der Waals surface area contributed by atoms with Crippen molar-refractivity contribution >= 4 is 5.69 Å². The van der Waals surface area contributed by atoms with E-state index in [1.807, 2.05) is 0 Å². The summed E-state index contributed by atoms with van der Waals surface area (Å²) in [7, 11) is 0. The van der Waals surface area contributed by atoms with Crippen molar-refractivity contribution in [2.45, 2.75) is 6.42 Å². The molecule has 0 aliphatic rings. The van der Waals surface area contributed by atoms with E-state index in [1.165, 1.54) is 12.1 Å². The Kier molecular flexibility index (Phi) is 3.86. The molecular weight excluding hydrogens is 186 g/mol. The molecule has 0 aliphatic heterocycles. The molecule has 0 aliphatic carbocycles. The number of nitrogens with one attached hydrogen (secondary N) is 1. The van der Waals surface area contributed by atoms with Crippen LogP contribution in [0.15, 0.2) is 18.2 Å². The molecule has 0 radical (unpaired) electrons. The van der Waals surface area contributed by atoms with Crippen molar-refractivity contribution in [1.29, 1.82) is 5.26 Å². The number of benzene rings is 1. The van der Waals surface area contributed by atoms with Crippen LogP contribution < -0.4 is 5.32 Å². The average Bonchev–Trinajstić information content (AvgIpc) is 2.18. The predicted molar refractivity (Wildman–Crippen MR) is 50.2 cm³/mol. The predicted octanol–water partition coefficient (Wildman–Crippen LogP) is 2.47. The molecule has 74 valence electrons. The van der Waals surface area contributed by atoms with Gasteiger partial charge in [0.05, 0.1) is 12.2 Å². The third kappa shape index (κ3) is 2.70. The summed E-state index contributed by atoms with van der Waals surface area (Å²) in [6.07, 6.45) is 0.390. The van der Waals surface area contributed by atoms with Gasteiger partial charge in [0.2, 0.25) is 0 Å². The molecule has 2 nitrogen and oxygen atoms in total. The molecule has 0 amide bonds. The summed E-state index contributed by atoms with van der Waals surface area (Å²) >= 11 is 0. The smallest absolute Gasteiger partial charge is 0.143 e. The van der Waals surface area contributed by atoms with E-state index in [-0.39, 0.29) is 5.56 Å². The molecule has 0 fully saturated rings. The Bertz CT molecular complexity index is 344. The van der Waals surface area contributed by atoms with Gasteiger partial charge in [-0.05, 0) is 24.6 Å². The number of hydrogen-bond donors (Lipinski definition) is 1. The molecule has 14 heavy (non-hydrogen) atoms. The number of halogens is 2. The van der Waals surface area contributed by atoms with E-state index in [2.05, 4.69) is 5.32 Å². The first kappa shape index (κ1) is 10.5. The lowest BCUT2D eigenvalue weighted by Gasteiger charge is -2.04. The molecule has 0 unspecified atom stereocenters. The van der Waals surface area contributed by atoms with Gasteiger partial charge < -0.3 is 5.32 Å². The van der Waals surface area contributed by atoms with Crippen molar-refractivity contribution in [3.63, 3.8) is 0 Å². The molecule has 0 heterocycles. The highest BCUT2D eigenvalue weighted by Crippen LogP contribution is 2.13. The highest BCUT2D eigenvalue weighted by molar-refractivity contribution is 5.47. The van der Waals surface area contributed by atoms with Crippen molar-refractivity contribution in [2.75, 3.05) is 18.5 Å². The average molecular weight is 196 g/mol. The second-order valence-electron chi connectivity index (χ2n) is 2.78. The van der Waals surface area contributed by atoms with Gasteiger partial charge in [-0.1, -0.05) is 0 Å². The first-order chi connectivity index (χ1) is 6.77. The number of nitriles is 1. The van der Waals surface area contributed by atoms with Gasteiger partial charge in [0, 0.05) is 12.2 Å². The summed E-state index contributed by atoms with van der Waals surface area (Å²) in [6.45, 7) is 0.0631. The Morgan fingerprint density at radius 2 is 2.21 bits per heavy atom. The van der Waals surface area contributed by atoms with Gasteiger partial charge in [0.15, 0.2) is 0 Å². The monoisotopic (exact) mass is 196 g/mol. The molecule has 0 spiro atoms. The van der Waals surface area contributed by atoms with Crippen LogP contribution >= 0.6 is 0 Å². The normalized spacial score (nSPS) is 9.50. The maximum atomic E-state index is 13.0. The lowest BCUT2D eigenvalue weighted by atomic mass is 10.2. The SMILES string of the molecule is N#Cc1ccc(NCCCF)cc1F. The van der Waals surface area contributed by atoms with E-state index in [9.17, 15) is 8.78 Å². The van der Waals surface area contributed by atoms with Crippen molar-refractivity contribution in [1.82, 2.24) is 0 Å². The van der Waals surface area contributed by atoms with Crippen LogP contribution in [0.2, 0.25) is 0 Å². The van der Waals surface area contributed by atoms with Crippen molar-refractivity contribution in [3.05, 3.63) is 29.6 Å². The fraction of sp³-hybridized carbons (Fsp3) is 0.300. The lowest BCUT2D eigenvalue weighted by Crippen LogP contribution is -2.02. The van der Waals surface area contributed by atoms with Crippen LogP contribution in [0, 0.1) is 17.1 Å². The Morgan fingerprint density at radius 3 is 2.79 bits per heavy atom. The van der Waals surface area contributed by atoms with Crippen LogP contribution in [0.25, 0.3) is 0 Å². The Hall–Kier alpha value is -1.63. The Morgan fingerprint density at radius 1 is 1.43 bits per heavy atom. The second kappa shape index (κ2) is 5.18. The minimum absolute atomic E-state index is 0.0149. The van der Waals surface area contributed by atoms with Gasteiger partial charge in [-0.2, -0.15) is 5.26 Å². The van der Waals surface area contributed by atoms with E-state index in [0.29, 0.717) is 18.7 Å². The first-order valence-corrected chi connectivity index (χ1v) is 4.27. The Balaban J connectivity index is 2.63. The molecule has 0 saturated carbocycles. The number of rotatable bonds is 4. The zero-order valence-electron chi connectivity index (χ0n) is 7.56. The van der Waals surface area contributed by atoms with Crippen molar-refractivity contribution in [3.8, 4) is 6.07 Å². The molecule has 0 aromatic heterocycles. The highest BCUT2D eigenvalue weighted by Gasteiger charge is 2.01. The zero-order valence-corrected chi connectivity index (χ0v) is 7.56. The van der Waals surface area contributed by atoms with E-state index >= 15 is 0 Å². The molecule has 0 atom stereocenters. The number of alkyl halides is 1. The Labute approximate surface area is 81.2 Å². The maximum absolute atomic E-state index is 13.0. The van der Waals surface area contributed by atoms with Crippen LogP contribution in [0.5, 0.6) is 0 Å². The topological polar surface area (TPSA) is 35.8 Å². The van der Waals surface area contributed by atoms with E-state index in [1.54, 1.807) is 12.1 Å². The van der Waals surface area contributed by atoms with Gasteiger partial charge >= 0.3 is 0 Å². The largest absolute Gasteiger partial charge is 0.385 e. The molecular formula is C10H10F2N2. The summed E-state index contributed by atoms with van der Waals surface area (Å²) in [5, 5.41) is 11.3. The van der Waals surface area contributed by atoms with Gasteiger partial charge in [-0.25, -0.2) is 4.39 Å². The standard InChI is InChI=1S/C10H10F2N2/c11-4-1-5-14-9-3-2-8(7-13)10(12)6-9/h2-3,6,14H,1,4-5H2. The minimum Gasteiger partial charge on any atom is -0.385 e. The summed E-state index contributed by atoms with van der Waals surface area (Å²) in [5.74, 6) is -0.558. The summed E-state index contributed by atoms with van der Waals surface area (Å²) in [5.41, 5.74) is 0.580. The molecule has 1 aromatic carbocycles. The van der Waals surface area contributed by atoms with E-state index < -0.39 is 12.5 Å². The number of nitrogens with zero attached hydrogens (tertiary/aromatic N) is 1. The summed E-state index contributed by atoms with van der Waals surface area (Å²) in [4.78, 5) is 0. The van der Waals surface area contributed by atoms with Crippen LogP contribution in [-0.4, -0.2) is 13.2 Å². The van der Waals surface area contributed by atoms with Gasteiger partial charge in [0.1, 0.15) is 11.9 Å².